The molecular weight excluding hydrogens is 196 g/mol. The zero-order valence-corrected chi connectivity index (χ0v) is 9.80. The summed E-state index contributed by atoms with van der Waals surface area (Å²) in [5.41, 5.74) is 0. The van der Waals surface area contributed by atoms with E-state index in [2.05, 4.69) is 6.92 Å². The standard InChI is InChI=1S/C12H21ClO/c1-9(13)6-7-11-8-10-4-2-3-5-12(10)14-11/h9-12H,2-8H2,1H3. The molecule has 2 rings (SSSR count). The van der Waals surface area contributed by atoms with Crippen LogP contribution in [0.4, 0.5) is 0 Å². The lowest BCUT2D eigenvalue weighted by atomic mass is 9.85. The molecular formula is C12H21ClO. The second kappa shape index (κ2) is 4.85. The first kappa shape index (κ1) is 10.8. The predicted octanol–water partition coefficient (Wildman–Crippen LogP) is 3.74. The van der Waals surface area contributed by atoms with E-state index in [0.717, 1.165) is 18.8 Å². The molecule has 4 atom stereocenters. The Labute approximate surface area is 92.2 Å². The lowest BCUT2D eigenvalue weighted by molar-refractivity contribution is 0.0150. The Kier molecular flexibility index (Phi) is 3.73. The van der Waals surface area contributed by atoms with Crippen LogP contribution in [0.5, 0.6) is 0 Å². The molecule has 0 aromatic heterocycles. The number of fused-ring (bicyclic) bond motifs is 1. The number of hydrogen-bond donors (Lipinski definition) is 0. The molecule has 0 amide bonds. The van der Waals surface area contributed by atoms with Gasteiger partial charge in [0.1, 0.15) is 0 Å². The third-order valence-corrected chi connectivity index (χ3v) is 3.88. The van der Waals surface area contributed by atoms with E-state index >= 15 is 0 Å². The van der Waals surface area contributed by atoms with Crippen LogP contribution >= 0.6 is 11.6 Å². The maximum Gasteiger partial charge on any atom is 0.0608 e. The third-order valence-electron chi connectivity index (χ3n) is 3.66. The Bertz CT molecular complexity index is 167. The normalized spacial score (nSPS) is 39.4. The van der Waals surface area contributed by atoms with Crippen LogP contribution in [0, 0.1) is 5.92 Å². The largest absolute Gasteiger partial charge is 0.375 e. The molecule has 0 aromatic carbocycles. The van der Waals surface area contributed by atoms with Gasteiger partial charge in [-0.25, -0.2) is 0 Å². The van der Waals surface area contributed by atoms with Gasteiger partial charge in [0.05, 0.1) is 12.2 Å². The smallest absolute Gasteiger partial charge is 0.0608 e. The summed E-state index contributed by atoms with van der Waals surface area (Å²) < 4.78 is 6.06. The van der Waals surface area contributed by atoms with Crippen LogP contribution < -0.4 is 0 Å². The molecule has 2 heteroatoms. The zero-order chi connectivity index (χ0) is 9.97. The first-order chi connectivity index (χ1) is 6.75. The predicted molar refractivity (Wildman–Crippen MR) is 59.8 cm³/mol. The van der Waals surface area contributed by atoms with Gasteiger partial charge in [-0.2, -0.15) is 0 Å². The van der Waals surface area contributed by atoms with E-state index in [9.17, 15) is 0 Å². The summed E-state index contributed by atoms with van der Waals surface area (Å²) >= 11 is 5.95. The fourth-order valence-electron chi connectivity index (χ4n) is 2.86. The van der Waals surface area contributed by atoms with Crippen molar-refractivity contribution in [2.24, 2.45) is 5.92 Å². The lowest BCUT2D eigenvalue weighted by Crippen LogP contribution is -2.20. The molecule has 0 N–H and O–H groups in total. The molecule has 2 aliphatic rings. The van der Waals surface area contributed by atoms with Crippen LogP contribution in [0.25, 0.3) is 0 Å². The fourth-order valence-corrected chi connectivity index (χ4v) is 2.99. The molecule has 0 bridgehead atoms. The first-order valence-electron chi connectivity index (χ1n) is 6.05. The number of halogens is 1. The van der Waals surface area contributed by atoms with Crippen LogP contribution in [0.3, 0.4) is 0 Å². The summed E-state index contributed by atoms with van der Waals surface area (Å²) in [6.45, 7) is 2.07. The van der Waals surface area contributed by atoms with Crippen molar-refractivity contribution in [2.45, 2.75) is 69.5 Å². The summed E-state index contributed by atoms with van der Waals surface area (Å²) in [6, 6.07) is 0. The van der Waals surface area contributed by atoms with Crippen molar-refractivity contribution in [1.29, 1.82) is 0 Å². The third kappa shape index (κ3) is 2.64. The lowest BCUT2D eigenvalue weighted by Gasteiger charge is -2.23. The second-order valence-corrected chi connectivity index (χ2v) is 5.68. The number of rotatable bonds is 3. The van der Waals surface area contributed by atoms with Crippen molar-refractivity contribution >= 4 is 11.6 Å². The summed E-state index contributed by atoms with van der Waals surface area (Å²) in [5.74, 6) is 0.874. The Morgan fingerprint density at radius 2 is 2.14 bits per heavy atom. The maximum atomic E-state index is 6.06. The van der Waals surface area contributed by atoms with Crippen LogP contribution in [0.2, 0.25) is 0 Å². The van der Waals surface area contributed by atoms with Gasteiger partial charge in [-0.3, -0.25) is 0 Å². The van der Waals surface area contributed by atoms with Gasteiger partial charge in [-0.1, -0.05) is 12.8 Å². The van der Waals surface area contributed by atoms with Crippen LogP contribution in [0.15, 0.2) is 0 Å². The average molecular weight is 217 g/mol. The fraction of sp³-hybridized carbons (Fsp3) is 1.00. The van der Waals surface area contributed by atoms with Gasteiger partial charge in [0, 0.05) is 5.38 Å². The van der Waals surface area contributed by atoms with E-state index in [1.54, 1.807) is 0 Å². The molecule has 0 aromatic rings. The van der Waals surface area contributed by atoms with Gasteiger partial charge in [-0.15, -0.1) is 11.6 Å². The van der Waals surface area contributed by atoms with E-state index in [-0.39, 0.29) is 0 Å². The molecule has 1 saturated heterocycles. The van der Waals surface area contributed by atoms with Gasteiger partial charge in [0.2, 0.25) is 0 Å². The van der Waals surface area contributed by atoms with Crippen molar-refractivity contribution in [3.8, 4) is 0 Å². The number of ether oxygens (including phenoxy) is 1. The Hall–Kier alpha value is 0.250. The van der Waals surface area contributed by atoms with Gasteiger partial charge < -0.3 is 4.74 Å². The first-order valence-corrected chi connectivity index (χ1v) is 6.49. The Morgan fingerprint density at radius 1 is 1.36 bits per heavy atom. The highest BCUT2D eigenvalue weighted by atomic mass is 35.5. The van der Waals surface area contributed by atoms with Crippen molar-refractivity contribution in [1.82, 2.24) is 0 Å². The molecule has 0 spiro atoms. The molecule has 4 unspecified atom stereocenters. The van der Waals surface area contributed by atoms with E-state index in [1.807, 2.05) is 0 Å². The molecule has 1 nitrogen and oxygen atoms in total. The van der Waals surface area contributed by atoms with Gasteiger partial charge in [0.15, 0.2) is 0 Å². The van der Waals surface area contributed by atoms with Gasteiger partial charge in [0.25, 0.3) is 0 Å². The summed E-state index contributed by atoms with van der Waals surface area (Å²) in [6.07, 6.45) is 10.2. The quantitative estimate of drug-likeness (QED) is 0.653. The van der Waals surface area contributed by atoms with E-state index < -0.39 is 0 Å². The molecule has 1 aliphatic carbocycles. The van der Waals surface area contributed by atoms with Crippen molar-refractivity contribution in [3.05, 3.63) is 0 Å². The monoisotopic (exact) mass is 216 g/mol. The summed E-state index contributed by atoms with van der Waals surface area (Å²) in [4.78, 5) is 0. The van der Waals surface area contributed by atoms with E-state index in [1.165, 1.54) is 32.1 Å². The summed E-state index contributed by atoms with van der Waals surface area (Å²) in [5, 5.41) is 0.307. The van der Waals surface area contributed by atoms with E-state index in [4.69, 9.17) is 16.3 Å². The molecule has 14 heavy (non-hydrogen) atoms. The minimum absolute atomic E-state index is 0.307. The van der Waals surface area contributed by atoms with Crippen LogP contribution in [-0.4, -0.2) is 17.6 Å². The van der Waals surface area contributed by atoms with Crippen molar-refractivity contribution < 1.29 is 4.74 Å². The molecule has 82 valence electrons. The van der Waals surface area contributed by atoms with Gasteiger partial charge >= 0.3 is 0 Å². The Morgan fingerprint density at radius 3 is 2.86 bits per heavy atom. The van der Waals surface area contributed by atoms with Crippen molar-refractivity contribution in [3.63, 3.8) is 0 Å². The highest BCUT2D eigenvalue weighted by Gasteiger charge is 2.36. The maximum absolute atomic E-state index is 6.06. The minimum atomic E-state index is 0.307. The molecule has 1 saturated carbocycles. The molecule has 2 fully saturated rings. The summed E-state index contributed by atoms with van der Waals surface area (Å²) in [7, 11) is 0. The topological polar surface area (TPSA) is 9.23 Å². The highest BCUT2D eigenvalue weighted by molar-refractivity contribution is 6.20. The number of alkyl halides is 1. The van der Waals surface area contributed by atoms with Gasteiger partial charge in [-0.05, 0) is 44.9 Å². The molecule has 1 aliphatic heterocycles. The Balaban J connectivity index is 1.75. The second-order valence-electron chi connectivity index (χ2n) is 4.93. The minimum Gasteiger partial charge on any atom is -0.375 e. The van der Waals surface area contributed by atoms with Crippen LogP contribution in [-0.2, 0) is 4.74 Å². The SMILES string of the molecule is CC(Cl)CCC1CC2CCCCC2O1. The van der Waals surface area contributed by atoms with Crippen LogP contribution in [0.1, 0.15) is 51.9 Å². The zero-order valence-electron chi connectivity index (χ0n) is 9.05. The number of hydrogen-bond acceptors (Lipinski definition) is 1. The highest BCUT2D eigenvalue weighted by Crippen LogP contribution is 2.38. The van der Waals surface area contributed by atoms with E-state index in [0.29, 0.717) is 17.6 Å². The van der Waals surface area contributed by atoms with Crippen molar-refractivity contribution in [2.75, 3.05) is 0 Å². The molecule has 0 radical (unpaired) electrons. The molecule has 1 heterocycles. The average Bonchev–Trinajstić information content (AvgIpc) is 2.57.